The molecule has 3 rings (SSSR count). The van der Waals surface area contributed by atoms with E-state index in [1.165, 1.54) is 5.56 Å². The molecule has 0 aliphatic rings. The van der Waals surface area contributed by atoms with Crippen LogP contribution in [-0.2, 0) is 6.42 Å². The van der Waals surface area contributed by atoms with Gasteiger partial charge in [0.1, 0.15) is 5.75 Å². The van der Waals surface area contributed by atoms with Gasteiger partial charge >= 0.3 is 0 Å². The van der Waals surface area contributed by atoms with Gasteiger partial charge in [0.05, 0.1) is 19.0 Å². The predicted octanol–water partition coefficient (Wildman–Crippen LogP) is 4.06. The number of thiocarbonyl (C=S) groups is 1. The van der Waals surface area contributed by atoms with Crippen LogP contribution >= 0.6 is 12.2 Å². The molecule has 0 amide bonds. The number of rotatable bonds is 5. The fourth-order valence-electron chi connectivity index (χ4n) is 2.70. The number of aromatic nitrogens is 1. The summed E-state index contributed by atoms with van der Waals surface area (Å²) >= 11 is 5.27. The second kappa shape index (κ2) is 7.81. The lowest BCUT2D eigenvalue weighted by atomic mass is 10.1. The third kappa shape index (κ3) is 3.80. The minimum Gasteiger partial charge on any atom is -0.495 e. The molecule has 0 saturated carbocycles. The molecule has 6 heteroatoms. The lowest BCUT2D eigenvalue weighted by Gasteiger charge is -2.10. The van der Waals surface area contributed by atoms with Crippen molar-refractivity contribution >= 4 is 40.1 Å². The number of fused-ring (bicyclic) bond motifs is 1. The van der Waals surface area contributed by atoms with Gasteiger partial charge in [-0.2, -0.15) is 5.10 Å². The molecule has 3 N–H and O–H groups in total. The van der Waals surface area contributed by atoms with Crippen molar-refractivity contribution in [3.05, 3.63) is 59.8 Å². The van der Waals surface area contributed by atoms with Crippen LogP contribution in [-0.4, -0.2) is 23.4 Å². The number of hydrazone groups is 1. The topological polar surface area (TPSA) is 61.4 Å². The molecular weight excluding hydrogens is 332 g/mol. The Morgan fingerprint density at radius 1 is 1.24 bits per heavy atom. The highest BCUT2D eigenvalue weighted by Gasteiger charge is 2.05. The van der Waals surface area contributed by atoms with Crippen LogP contribution in [0.4, 0.5) is 5.69 Å². The zero-order chi connectivity index (χ0) is 17.6. The number of aromatic amines is 1. The Balaban J connectivity index is 1.68. The molecule has 0 fully saturated rings. The van der Waals surface area contributed by atoms with E-state index >= 15 is 0 Å². The molecule has 0 atom stereocenters. The smallest absolute Gasteiger partial charge is 0.191 e. The molecule has 0 radical (unpaired) electrons. The van der Waals surface area contributed by atoms with Gasteiger partial charge in [-0.15, -0.1) is 0 Å². The number of para-hydroxylation sites is 3. The fraction of sp³-hybridized carbons (Fsp3) is 0.158. The number of anilines is 1. The number of methoxy groups -OCH3 is 1. The molecule has 2 aromatic carbocycles. The van der Waals surface area contributed by atoms with Crippen molar-refractivity contribution in [2.75, 3.05) is 12.4 Å². The van der Waals surface area contributed by atoms with Crippen molar-refractivity contribution < 1.29 is 4.74 Å². The minimum atomic E-state index is 0.398. The van der Waals surface area contributed by atoms with Crippen LogP contribution in [0.3, 0.4) is 0 Å². The third-order valence-corrected chi connectivity index (χ3v) is 4.13. The highest BCUT2D eigenvalue weighted by molar-refractivity contribution is 7.80. The zero-order valence-corrected chi connectivity index (χ0v) is 15.0. The van der Waals surface area contributed by atoms with Gasteiger partial charge in [-0.1, -0.05) is 37.3 Å². The van der Waals surface area contributed by atoms with E-state index in [4.69, 9.17) is 17.0 Å². The Kier molecular flexibility index (Phi) is 5.30. The molecule has 128 valence electrons. The first-order valence-electron chi connectivity index (χ1n) is 8.05. The molecule has 0 aliphatic heterocycles. The number of ether oxygens (including phenoxy) is 1. The van der Waals surface area contributed by atoms with Crippen LogP contribution in [0.2, 0.25) is 0 Å². The number of hydrogen-bond acceptors (Lipinski definition) is 3. The molecule has 3 aromatic rings. The van der Waals surface area contributed by atoms with Gasteiger partial charge in [0.25, 0.3) is 0 Å². The number of hydrogen-bond donors (Lipinski definition) is 3. The van der Waals surface area contributed by atoms with E-state index in [2.05, 4.69) is 46.0 Å². The maximum Gasteiger partial charge on any atom is 0.191 e. The van der Waals surface area contributed by atoms with Crippen molar-refractivity contribution in [1.82, 2.24) is 10.4 Å². The molecule has 0 saturated heterocycles. The van der Waals surface area contributed by atoms with Gasteiger partial charge in [-0.05, 0) is 36.3 Å². The van der Waals surface area contributed by atoms with Crippen LogP contribution in [0, 0.1) is 0 Å². The Morgan fingerprint density at radius 2 is 2.08 bits per heavy atom. The molecule has 0 aliphatic carbocycles. The quantitative estimate of drug-likeness (QED) is 0.368. The summed E-state index contributed by atoms with van der Waals surface area (Å²) in [5.41, 5.74) is 7.08. The summed E-state index contributed by atoms with van der Waals surface area (Å²) in [4.78, 5) is 3.32. The van der Waals surface area contributed by atoms with E-state index in [0.717, 1.165) is 34.3 Å². The van der Waals surface area contributed by atoms with Crippen LogP contribution in [0.25, 0.3) is 10.9 Å². The number of nitrogens with zero attached hydrogens (tertiary/aromatic N) is 1. The molecular formula is C19H20N4OS. The normalized spacial score (nSPS) is 11.0. The SMILES string of the molecule is CCc1cccc2c(/C=N/NC(=S)Nc3ccccc3OC)c[nH]c12. The van der Waals surface area contributed by atoms with Crippen LogP contribution in [0.1, 0.15) is 18.1 Å². The highest BCUT2D eigenvalue weighted by Crippen LogP contribution is 2.23. The summed E-state index contributed by atoms with van der Waals surface area (Å²) in [6.07, 6.45) is 4.69. The molecule has 0 bridgehead atoms. The highest BCUT2D eigenvalue weighted by atomic mass is 32.1. The summed E-state index contributed by atoms with van der Waals surface area (Å²) in [6.45, 7) is 2.15. The molecule has 25 heavy (non-hydrogen) atoms. The summed E-state index contributed by atoms with van der Waals surface area (Å²) < 4.78 is 5.29. The monoisotopic (exact) mass is 352 g/mol. The average Bonchev–Trinajstić information content (AvgIpc) is 3.05. The number of H-pyrrole nitrogens is 1. The van der Waals surface area contributed by atoms with Crippen molar-refractivity contribution in [3.8, 4) is 5.75 Å². The molecule has 0 unspecified atom stereocenters. The van der Waals surface area contributed by atoms with Crippen LogP contribution in [0.5, 0.6) is 5.75 Å². The second-order valence-corrected chi connectivity index (χ2v) is 5.87. The van der Waals surface area contributed by atoms with Crippen LogP contribution < -0.4 is 15.5 Å². The standard InChI is InChI=1S/C19H20N4OS/c1-3-13-7-6-8-15-14(11-20-18(13)15)12-21-23-19(25)22-16-9-4-5-10-17(16)24-2/h4-12,20H,3H2,1-2H3,(H2,22,23,25)/b21-12+. The van der Waals surface area contributed by atoms with Crippen molar-refractivity contribution in [2.45, 2.75) is 13.3 Å². The van der Waals surface area contributed by atoms with Gasteiger partial charge in [-0.3, -0.25) is 5.43 Å². The number of benzene rings is 2. The van der Waals surface area contributed by atoms with Gasteiger partial charge in [0.2, 0.25) is 0 Å². The van der Waals surface area contributed by atoms with Gasteiger partial charge in [-0.25, -0.2) is 0 Å². The van der Waals surface area contributed by atoms with Gasteiger partial charge in [0.15, 0.2) is 5.11 Å². The van der Waals surface area contributed by atoms with E-state index in [1.807, 2.05) is 30.5 Å². The minimum absolute atomic E-state index is 0.398. The Hall–Kier alpha value is -2.86. The molecule has 5 nitrogen and oxygen atoms in total. The van der Waals surface area contributed by atoms with Crippen molar-refractivity contribution in [1.29, 1.82) is 0 Å². The molecule has 1 heterocycles. The molecule has 1 aromatic heterocycles. The first-order valence-corrected chi connectivity index (χ1v) is 8.45. The van der Waals surface area contributed by atoms with Gasteiger partial charge in [0, 0.05) is 22.7 Å². The number of aryl methyl sites for hydroxylation is 1. The van der Waals surface area contributed by atoms with E-state index in [-0.39, 0.29) is 0 Å². The maximum atomic E-state index is 5.29. The summed E-state index contributed by atoms with van der Waals surface area (Å²) in [5, 5.41) is 8.85. The lowest BCUT2D eigenvalue weighted by Crippen LogP contribution is -2.24. The Labute approximate surface area is 152 Å². The van der Waals surface area contributed by atoms with E-state index < -0.39 is 0 Å². The maximum absolute atomic E-state index is 5.29. The Bertz CT molecular complexity index is 917. The van der Waals surface area contributed by atoms with E-state index in [0.29, 0.717) is 5.11 Å². The van der Waals surface area contributed by atoms with Gasteiger partial charge < -0.3 is 15.0 Å². The second-order valence-electron chi connectivity index (χ2n) is 5.46. The first kappa shape index (κ1) is 17.0. The average molecular weight is 352 g/mol. The zero-order valence-electron chi connectivity index (χ0n) is 14.2. The fourth-order valence-corrected chi connectivity index (χ4v) is 2.86. The summed E-state index contributed by atoms with van der Waals surface area (Å²) in [5.74, 6) is 0.722. The summed E-state index contributed by atoms with van der Waals surface area (Å²) in [6, 6.07) is 13.8. The summed E-state index contributed by atoms with van der Waals surface area (Å²) in [7, 11) is 1.62. The number of nitrogens with one attached hydrogen (secondary N) is 3. The van der Waals surface area contributed by atoms with Crippen LogP contribution in [0.15, 0.2) is 53.8 Å². The third-order valence-electron chi connectivity index (χ3n) is 3.94. The largest absolute Gasteiger partial charge is 0.495 e. The van der Waals surface area contributed by atoms with E-state index in [9.17, 15) is 0 Å². The first-order chi connectivity index (χ1) is 12.2. The van der Waals surface area contributed by atoms with Crippen molar-refractivity contribution in [2.24, 2.45) is 5.10 Å². The van der Waals surface area contributed by atoms with Crippen molar-refractivity contribution in [3.63, 3.8) is 0 Å². The van der Waals surface area contributed by atoms with E-state index in [1.54, 1.807) is 13.3 Å². The predicted molar refractivity (Wildman–Crippen MR) is 108 cm³/mol. The lowest BCUT2D eigenvalue weighted by molar-refractivity contribution is 0.417. The molecule has 0 spiro atoms. The Morgan fingerprint density at radius 3 is 2.88 bits per heavy atom.